The first-order valence-electron chi connectivity index (χ1n) is 5.18. The summed E-state index contributed by atoms with van der Waals surface area (Å²) in [5.41, 5.74) is 0.939. The van der Waals surface area contributed by atoms with Gasteiger partial charge in [0.2, 0.25) is 0 Å². The van der Waals surface area contributed by atoms with E-state index in [4.69, 9.17) is 4.74 Å². The SMILES string of the molecule is CCOC(=O)[C@H]1C[C@@H]1c1nccc(C)n1. The van der Waals surface area contributed by atoms with Crippen LogP contribution in [0.5, 0.6) is 0 Å². The van der Waals surface area contributed by atoms with Gasteiger partial charge in [0, 0.05) is 17.8 Å². The summed E-state index contributed by atoms with van der Waals surface area (Å²) in [6.45, 7) is 4.18. The highest BCUT2D eigenvalue weighted by molar-refractivity contribution is 5.77. The molecule has 0 N–H and O–H groups in total. The molecule has 2 atom stereocenters. The molecule has 1 fully saturated rings. The van der Waals surface area contributed by atoms with Crippen LogP contribution in [-0.2, 0) is 9.53 Å². The molecule has 1 aromatic rings. The van der Waals surface area contributed by atoms with Crippen LogP contribution in [0.15, 0.2) is 12.3 Å². The molecule has 0 radical (unpaired) electrons. The molecule has 1 heterocycles. The van der Waals surface area contributed by atoms with Crippen molar-refractivity contribution in [3.8, 4) is 0 Å². The fourth-order valence-corrected chi connectivity index (χ4v) is 1.64. The summed E-state index contributed by atoms with van der Waals surface area (Å²) >= 11 is 0. The molecule has 1 aromatic heterocycles. The summed E-state index contributed by atoms with van der Waals surface area (Å²) in [6.07, 6.45) is 2.56. The second-order valence-electron chi connectivity index (χ2n) is 3.76. The molecule has 2 rings (SSSR count). The first-order valence-corrected chi connectivity index (χ1v) is 5.18. The topological polar surface area (TPSA) is 52.1 Å². The molecule has 1 aliphatic rings. The quantitative estimate of drug-likeness (QED) is 0.702. The monoisotopic (exact) mass is 206 g/mol. The lowest BCUT2D eigenvalue weighted by Crippen LogP contribution is -2.08. The van der Waals surface area contributed by atoms with Crippen molar-refractivity contribution in [3.63, 3.8) is 0 Å². The van der Waals surface area contributed by atoms with Crippen molar-refractivity contribution in [3.05, 3.63) is 23.8 Å². The van der Waals surface area contributed by atoms with Gasteiger partial charge in [-0.25, -0.2) is 9.97 Å². The predicted molar refractivity (Wildman–Crippen MR) is 54.3 cm³/mol. The lowest BCUT2D eigenvalue weighted by atomic mass is 10.3. The molecule has 1 saturated carbocycles. The number of aromatic nitrogens is 2. The molecule has 15 heavy (non-hydrogen) atoms. The molecule has 1 aliphatic carbocycles. The summed E-state index contributed by atoms with van der Waals surface area (Å²) in [7, 11) is 0. The lowest BCUT2D eigenvalue weighted by molar-refractivity contribution is -0.144. The van der Waals surface area contributed by atoms with Crippen molar-refractivity contribution in [1.82, 2.24) is 9.97 Å². The number of hydrogen-bond acceptors (Lipinski definition) is 4. The molecule has 0 spiro atoms. The van der Waals surface area contributed by atoms with Gasteiger partial charge in [0.25, 0.3) is 0 Å². The number of hydrogen-bond donors (Lipinski definition) is 0. The summed E-state index contributed by atoms with van der Waals surface area (Å²) in [5.74, 6) is 0.802. The molecule has 0 saturated heterocycles. The highest BCUT2D eigenvalue weighted by Gasteiger charge is 2.47. The number of carbonyl (C=O) groups excluding carboxylic acids is 1. The van der Waals surface area contributed by atoms with Crippen LogP contribution in [0.1, 0.15) is 30.8 Å². The van der Waals surface area contributed by atoms with Gasteiger partial charge in [-0.2, -0.15) is 0 Å². The summed E-state index contributed by atoms with van der Waals surface area (Å²) < 4.78 is 4.95. The largest absolute Gasteiger partial charge is 0.466 e. The van der Waals surface area contributed by atoms with E-state index in [0.29, 0.717) is 6.61 Å². The minimum Gasteiger partial charge on any atom is -0.466 e. The van der Waals surface area contributed by atoms with E-state index in [9.17, 15) is 4.79 Å². The Kier molecular flexibility index (Phi) is 2.66. The van der Waals surface area contributed by atoms with E-state index in [1.54, 1.807) is 6.20 Å². The van der Waals surface area contributed by atoms with Gasteiger partial charge in [-0.15, -0.1) is 0 Å². The molecular weight excluding hydrogens is 192 g/mol. The van der Waals surface area contributed by atoms with E-state index in [2.05, 4.69) is 9.97 Å². The van der Waals surface area contributed by atoms with Gasteiger partial charge in [0.05, 0.1) is 12.5 Å². The van der Waals surface area contributed by atoms with Crippen molar-refractivity contribution >= 4 is 5.97 Å². The van der Waals surface area contributed by atoms with Crippen LogP contribution in [0.25, 0.3) is 0 Å². The Labute approximate surface area is 88.7 Å². The number of nitrogens with zero attached hydrogens (tertiary/aromatic N) is 2. The fraction of sp³-hybridized carbons (Fsp3) is 0.545. The van der Waals surface area contributed by atoms with Gasteiger partial charge in [-0.3, -0.25) is 4.79 Å². The van der Waals surface area contributed by atoms with E-state index in [0.717, 1.165) is 17.9 Å². The van der Waals surface area contributed by atoms with E-state index in [1.165, 1.54) is 0 Å². The van der Waals surface area contributed by atoms with Crippen molar-refractivity contribution in [2.24, 2.45) is 5.92 Å². The molecule has 0 aromatic carbocycles. The van der Waals surface area contributed by atoms with Crippen LogP contribution in [0, 0.1) is 12.8 Å². The first-order chi connectivity index (χ1) is 7.22. The number of esters is 1. The van der Waals surface area contributed by atoms with Crippen LogP contribution >= 0.6 is 0 Å². The van der Waals surface area contributed by atoms with Crippen molar-refractivity contribution in [1.29, 1.82) is 0 Å². The Balaban J connectivity index is 2.01. The molecule has 4 nitrogen and oxygen atoms in total. The second-order valence-corrected chi connectivity index (χ2v) is 3.76. The third kappa shape index (κ3) is 2.14. The summed E-state index contributed by atoms with van der Waals surface area (Å²) in [5, 5.41) is 0. The maximum atomic E-state index is 11.4. The molecule has 0 aliphatic heterocycles. The standard InChI is InChI=1S/C11H14N2O2/c1-3-15-11(14)9-6-8(9)10-12-5-4-7(2)13-10/h4-5,8-9H,3,6H2,1-2H3/t8-,9-/m0/s1. The highest BCUT2D eigenvalue weighted by atomic mass is 16.5. The zero-order valence-corrected chi connectivity index (χ0v) is 8.93. The maximum absolute atomic E-state index is 11.4. The highest BCUT2D eigenvalue weighted by Crippen LogP contribution is 2.46. The number of ether oxygens (including phenoxy) is 1. The Morgan fingerprint density at radius 3 is 3.13 bits per heavy atom. The van der Waals surface area contributed by atoms with E-state index in [-0.39, 0.29) is 17.8 Å². The number of rotatable bonds is 3. The minimum absolute atomic E-state index is 0.0215. The smallest absolute Gasteiger partial charge is 0.309 e. The lowest BCUT2D eigenvalue weighted by Gasteiger charge is -2.00. The number of aryl methyl sites for hydroxylation is 1. The van der Waals surface area contributed by atoms with Crippen LogP contribution in [0.3, 0.4) is 0 Å². The van der Waals surface area contributed by atoms with Gasteiger partial charge in [0.1, 0.15) is 5.82 Å². The molecule has 0 amide bonds. The number of carbonyl (C=O) groups is 1. The van der Waals surface area contributed by atoms with E-state index in [1.807, 2.05) is 19.9 Å². The fourth-order valence-electron chi connectivity index (χ4n) is 1.64. The van der Waals surface area contributed by atoms with Crippen LogP contribution in [0.2, 0.25) is 0 Å². The third-order valence-corrected chi connectivity index (χ3v) is 2.52. The maximum Gasteiger partial charge on any atom is 0.309 e. The van der Waals surface area contributed by atoms with Crippen molar-refractivity contribution in [2.45, 2.75) is 26.2 Å². The Hall–Kier alpha value is -1.45. The minimum atomic E-state index is -0.118. The third-order valence-electron chi connectivity index (χ3n) is 2.52. The average molecular weight is 206 g/mol. The zero-order chi connectivity index (χ0) is 10.8. The Morgan fingerprint density at radius 2 is 2.47 bits per heavy atom. The molecule has 0 unspecified atom stereocenters. The summed E-state index contributed by atoms with van der Waals surface area (Å²) in [4.78, 5) is 19.9. The van der Waals surface area contributed by atoms with Gasteiger partial charge < -0.3 is 4.74 Å². The Bertz CT molecular complexity index is 379. The predicted octanol–water partition coefficient (Wildman–Crippen LogP) is 1.45. The van der Waals surface area contributed by atoms with Gasteiger partial charge in [0.15, 0.2) is 0 Å². The van der Waals surface area contributed by atoms with Gasteiger partial charge in [-0.1, -0.05) is 0 Å². The van der Waals surface area contributed by atoms with Gasteiger partial charge >= 0.3 is 5.97 Å². The van der Waals surface area contributed by atoms with Gasteiger partial charge in [-0.05, 0) is 26.3 Å². The van der Waals surface area contributed by atoms with Crippen LogP contribution in [-0.4, -0.2) is 22.5 Å². The Morgan fingerprint density at radius 1 is 1.67 bits per heavy atom. The average Bonchev–Trinajstić information content (AvgIpc) is 2.97. The van der Waals surface area contributed by atoms with Crippen LogP contribution in [0.4, 0.5) is 0 Å². The van der Waals surface area contributed by atoms with Crippen molar-refractivity contribution < 1.29 is 9.53 Å². The van der Waals surface area contributed by atoms with Crippen molar-refractivity contribution in [2.75, 3.05) is 6.61 Å². The van der Waals surface area contributed by atoms with E-state index >= 15 is 0 Å². The molecule has 4 heteroatoms. The van der Waals surface area contributed by atoms with E-state index < -0.39 is 0 Å². The van der Waals surface area contributed by atoms with Crippen LogP contribution < -0.4 is 0 Å². The summed E-state index contributed by atoms with van der Waals surface area (Å²) in [6, 6.07) is 1.85. The first kappa shape index (κ1) is 10.1. The zero-order valence-electron chi connectivity index (χ0n) is 8.93. The normalized spacial score (nSPS) is 23.6. The molecule has 80 valence electrons. The second kappa shape index (κ2) is 3.96. The molecule has 0 bridgehead atoms. The molecular formula is C11H14N2O2.